The van der Waals surface area contributed by atoms with Gasteiger partial charge in [-0.15, -0.1) is 17.3 Å². The number of alkyl halides is 1. The summed E-state index contributed by atoms with van der Waals surface area (Å²) in [5.41, 5.74) is 8.22. The van der Waals surface area contributed by atoms with E-state index in [1.807, 2.05) is 5.38 Å². The van der Waals surface area contributed by atoms with E-state index >= 15 is 0 Å². The lowest BCUT2D eigenvalue weighted by Crippen LogP contribution is -2.31. The summed E-state index contributed by atoms with van der Waals surface area (Å²) in [6.45, 7) is 3.67. The number of hydrogen-bond donors (Lipinski definition) is 2. The normalized spacial score (nSPS) is 13.3. The van der Waals surface area contributed by atoms with Gasteiger partial charge < -0.3 is 15.5 Å². The number of thiazole rings is 1. The maximum atomic E-state index is 13.5. The van der Waals surface area contributed by atoms with Crippen molar-refractivity contribution in [2.24, 2.45) is 5.73 Å². The van der Waals surface area contributed by atoms with Crippen molar-refractivity contribution in [3.63, 3.8) is 0 Å². The molecule has 3 aromatic heterocycles. The van der Waals surface area contributed by atoms with E-state index in [9.17, 15) is 4.39 Å². The van der Waals surface area contributed by atoms with Gasteiger partial charge in [-0.2, -0.15) is 0 Å². The molecule has 3 N–H and O–H groups in total. The predicted octanol–water partition coefficient (Wildman–Crippen LogP) is 4.15. The summed E-state index contributed by atoms with van der Waals surface area (Å²) >= 11 is 7.73. The second-order valence-electron chi connectivity index (χ2n) is 5.77. The number of anilines is 1. The van der Waals surface area contributed by atoms with Crippen LogP contribution in [0.5, 0.6) is 0 Å². The lowest BCUT2D eigenvalue weighted by Gasteiger charge is -2.10. The van der Waals surface area contributed by atoms with Crippen molar-refractivity contribution < 1.29 is 8.81 Å². The van der Waals surface area contributed by atoms with E-state index < -0.39 is 12.2 Å². The maximum Gasteiger partial charge on any atom is 0.177 e. The highest BCUT2D eigenvalue weighted by atomic mass is 35.5. The molecule has 0 aliphatic heterocycles. The van der Waals surface area contributed by atoms with Crippen molar-refractivity contribution >= 4 is 39.7 Å². The molecule has 0 saturated heterocycles. The molecule has 26 heavy (non-hydrogen) atoms. The van der Waals surface area contributed by atoms with E-state index in [2.05, 4.69) is 27.1 Å². The van der Waals surface area contributed by atoms with Gasteiger partial charge in [0.1, 0.15) is 27.6 Å². The van der Waals surface area contributed by atoms with Crippen molar-refractivity contribution in [2.75, 3.05) is 5.32 Å². The summed E-state index contributed by atoms with van der Waals surface area (Å²) in [4.78, 5) is 8.60. The van der Waals surface area contributed by atoms with Crippen LogP contribution in [0.3, 0.4) is 0 Å². The molecule has 3 aromatic rings. The van der Waals surface area contributed by atoms with Gasteiger partial charge in [0, 0.05) is 30.1 Å². The minimum absolute atomic E-state index is 0.224. The van der Waals surface area contributed by atoms with Crippen LogP contribution < -0.4 is 11.1 Å². The molecule has 0 bridgehead atoms. The van der Waals surface area contributed by atoms with E-state index in [1.165, 1.54) is 6.92 Å². The number of nitrogens with one attached hydrogen (secondary N) is 1. The highest BCUT2D eigenvalue weighted by Crippen LogP contribution is 2.33. The van der Waals surface area contributed by atoms with E-state index in [1.54, 1.807) is 30.5 Å². The molecule has 0 unspecified atom stereocenters. The Kier molecular flexibility index (Phi) is 5.77. The SMILES string of the molecule is CC#Cc1c(C[C@@H](N)[C@H](C)F)oc2c(NCc3nccs3)cc(Cl)nc12. The number of furan rings is 1. The molecular weight excluding hydrogens is 375 g/mol. The van der Waals surface area contributed by atoms with E-state index in [-0.39, 0.29) is 6.42 Å². The minimum Gasteiger partial charge on any atom is -0.456 e. The number of rotatable bonds is 6. The Hall–Kier alpha value is -2.14. The van der Waals surface area contributed by atoms with Crippen molar-refractivity contribution in [1.82, 2.24) is 9.97 Å². The first-order valence-electron chi connectivity index (χ1n) is 8.06. The largest absolute Gasteiger partial charge is 0.456 e. The molecule has 0 fully saturated rings. The third-order valence-electron chi connectivity index (χ3n) is 3.86. The molecular formula is C18H18ClFN4OS. The van der Waals surface area contributed by atoms with Crippen LogP contribution in [0.4, 0.5) is 10.1 Å². The smallest absolute Gasteiger partial charge is 0.177 e. The Balaban J connectivity index is 2.04. The Morgan fingerprint density at radius 3 is 2.96 bits per heavy atom. The third kappa shape index (κ3) is 3.98. The molecule has 0 aliphatic carbocycles. The predicted molar refractivity (Wildman–Crippen MR) is 103 cm³/mol. The first-order chi connectivity index (χ1) is 12.5. The first kappa shape index (κ1) is 18.6. The number of halogens is 2. The molecule has 0 saturated carbocycles. The van der Waals surface area contributed by atoms with Gasteiger partial charge in [0.15, 0.2) is 5.58 Å². The van der Waals surface area contributed by atoms with Crippen LogP contribution in [-0.2, 0) is 13.0 Å². The van der Waals surface area contributed by atoms with Crippen molar-refractivity contribution in [1.29, 1.82) is 0 Å². The average molecular weight is 393 g/mol. The summed E-state index contributed by atoms with van der Waals surface area (Å²) in [5, 5.41) is 6.42. The highest BCUT2D eigenvalue weighted by Gasteiger charge is 2.22. The van der Waals surface area contributed by atoms with Gasteiger partial charge in [-0.25, -0.2) is 14.4 Å². The second-order valence-corrected chi connectivity index (χ2v) is 7.14. The van der Waals surface area contributed by atoms with Gasteiger partial charge in [-0.3, -0.25) is 0 Å². The quantitative estimate of drug-likeness (QED) is 0.486. The van der Waals surface area contributed by atoms with Gasteiger partial charge in [-0.05, 0) is 13.8 Å². The Bertz CT molecular complexity index is 959. The number of nitrogens with two attached hydrogens (primary N) is 1. The zero-order valence-electron chi connectivity index (χ0n) is 14.3. The van der Waals surface area contributed by atoms with Crippen LogP contribution in [0.25, 0.3) is 11.1 Å². The van der Waals surface area contributed by atoms with Crippen LogP contribution in [0, 0.1) is 11.8 Å². The fraction of sp³-hybridized carbons (Fsp3) is 0.333. The summed E-state index contributed by atoms with van der Waals surface area (Å²) in [6, 6.07) is 1.00. The Morgan fingerprint density at radius 1 is 1.50 bits per heavy atom. The molecule has 3 rings (SSSR count). The number of pyridine rings is 1. The van der Waals surface area contributed by atoms with E-state index in [0.29, 0.717) is 39.8 Å². The van der Waals surface area contributed by atoms with Crippen molar-refractivity contribution in [2.45, 2.75) is 39.0 Å². The molecule has 5 nitrogen and oxygen atoms in total. The summed E-state index contributed by atoms with van der Waals surface area (Å²) < 4.78 is 19.5. The molecule has 0 amide bonds. The van der Waals surface area contributed by atoms with Crippen molar-refractivity contribution in [3.05, 3.63) is 39.1 Å². The summed E-state index contributed by atoms with van der Waals surface area (Å²) in [7, 11) is 0. The van der Waals surface area contributed by atoms with E-state index in [0.717, 1.165) is 5.01 Å². The first-order valence-corrected chi connectivity index (χ1v) is 9.32. The second kappa shape index (κ2) is 8.04. The standard InChI is InChI=1S/C18H18ClFN4OS/c1-3-4-11-14(7-12(21)10(2)20)25-18-13(8-15(19)24-17(11)18)23-9-16-22-5-6-26-16/h5-6,8,10,12H,7,9,21H2,1-2H3,(H,23,24)/t10-,12+/m0/s1. The van der Waals surface area contributed by atoms with Gasteiger partial charge in [0.05, 0.1) is 17.8 Å². The lowest BCUT2D eigenvalue weighted by molar-refractivity contribution is 0.296. The van der Waals surface area contributed by atoms with Crippen LogP contribution in [0.1, 0.15) is 30.2 Å². The molecule has 0 aromatic carbocycles. The Morgan fingerprint density at radius 2 is 2.31 bits per heavy atom. The molecule has 0 aliphatic rings. The number of aromatic nitrogens is 2. The lowest BCUT2D eigenvalue weighted by atomic mass is 10.1. The van der Waals surface area contributed by atoms with Crippen LogP contribution >= 0.6 is 22.9 Å². The molecule has 2 atom stereocenters. The molecule has 136 valence electrons. The molecule has 3 heterocycles. The van der Waals surface area contributed by atoms with E-state index in [4.69, 9.17) is 21.8 Å². The fourth-order valence-corrected chi connectivity index (χ4v) is 3.25. The molecule has 8 heteroatoms. The zero-order valence-corrected chi connectivity index (χ0v) is 15.9. The van der Waals surface area contributed by atoms with Gasteiger partial charge >= 0.3 is 0 Å². The van der Waals surface area contributed by atoms with Crippen molar-refractivity contribution in [3.8, 4) is 11.8 Å². The van der Waals surface area contributed by atoms with Crippen LogP contribution in [0.2, 0.25) is 5.15 Å². The maximum absolute atomic E-state index is 13.5. The third-order valence-corrected chi connectivity index (χ3v) is 4.83. The van der Waals surface area contributed by atoms with Crippen LogP contribution in [-0.4, -0.2) is 22.2 Å². The van der Waals surface area contributed by atoms with Crippen LogP contribution in [0.15, 0.2) is 22.1 Å². The average Bonchev–Trinajstić information content (AvgIpc) is 3.22. The summed E-state index contributed by atoms with van der Waals surface area (Å²) in [5.74, 6) is 6.34. The zero-order chi connectivity index (χ0) is 18.7. The highest BCUT2D eigenvalue weighted by molar-refractivity contribution is 7.09. The number of fused-ring (bicyclic) bond motifs is 1. The van der Waals surface area contributed by atoms with Gasteiger partial charge in [0.25, 0.3) is 0 Å². The molecule has 0 radical (unpaired) electrons. The topological polar surface area (TPSA) is 77.0 Å². The molecule has 0 spiro atoms. The minimum atomic E-state index is -1.16. The summed E-state index contributed by atoms with van der Waals surface area (Å²) in [6.07, 6.45) is 0.808. The Labute approximate surface area is 159 Å². The fourth-order valence-electron chi connectivity index (χ4n) is 2.50. The van der Waals surface area contributed by atoms with Gasteiger partial charge in [-0.1, -0.05) is 17.5 Å². The number of nitrogens with zero attached hydrogens (tertiary/aromatic N) is 2. The number of hydrogen-bond acceptors (Lipinski definition) is 6. The monoisotopic (exact) mass is 392 g/mol. The van der Waals surface area contributed by atoms with Gasteiger partial charge in [0.2, 0.25) is 0 Å².